The van der Waals surface area contributed by atoms with E-state index >= 15 is 0 Å². The second kappa shape index (κ2) is 3.48. The van der Waals surface area contributed by atoms with Gasteiger partial charge in [0, 0.05) is 11.6 Å². The highest BCUT2D eigenvalue weighted by Crippen LogP contribution is 2.61. The van der Waals surface area contributed by atoms with Crippen molar-refractivity contribution in [2.75, 3.05) is 7.05 Å². The van der Waals surface area contributed by atoms with Gasteiger partial charge in [0.15, 0.2) is 0 Å². The number of fused-ring (bicyclic) bond motifs is 3. The van der Waals surface area contributed by atoms with E-state index in [4.69, 9.17) is 0 Å². The van der Waals surface area contributed by atoms with E-state index in [1.165, 1.54) is 51.4 Å². The van der Waals surface area contributed by atoms with E-state index in [1.54, 1.807) is 0 Å². The molecule has 4 atom stereocenters. The minimum Gasteiger partial charge on any atom is -0.297 e. The highest BCUT2D eigenvalue weighted by atomic mass is 15.3. The predicted octanol–water partition coefficient (Wildman–Crippen LogP) is 3.83. The molecule has 0 N–H and O–H groups in total. The second-order valence-corrected chi connectivity index (χ2v) is 6.97. The molecule has 2 aliphatic carbocycles. The summed E-state index contributed by atoms with van der Waals surface area (Å²) in [5.74, 6) is 0.997. The third-order valence-corrected chi connectivity index (χ3v) is 6.66. The molecule has 3 rings (SSSR count). The highest BCUT2D eigenvalue weighted by Gasteiger charge is 2.62. The Hall–Kier alpha value is -0.0400. The summed E-state index contributed by atoms with van der Waals surface area (Å²) in [6.45, 7) is 5.17. The van der Waals surface area contributed by atoms with Crippen LogP contribution in [0.3, 0.4) is 0 Å². The average molecular weight is 221 g/mol. The van der Waals surface area contributed by atoms with Crippen LogP contribution in [0.25, 0.3) is 0 Å². The minimum absolute atomic E-state index is 0.505. The van der Waals surface area contributed by atoms with Gasteiger partial charge in [-0.05, 0) is 51.0 Å². The fourth-order valence-corrected chi connectivity index (χ4v) is 5.36. The van der Waals surface area contributed by atoms with Gasteiger partial charge in [-0.15, -0.1) is 0 Å². The van der Waals surface area contributed by atoms with E-state index in [-0.39, 0.29) is 0 Å². The Bertz CT molecular complexity index is 287. The van der Waals surface area contributed by atoms with Gasteiger partial charge >= 0.3 is 0 Å². The molecule has 1 nitrogen and oxygen atoms in total. The van der Waals surface area contributed by atoms with Crippen molar-refractivity contribution in [1.82, 2.24) is 4.90 Å². The number of rotatable bonds is 0. The predicted molar refractivity (Wildman–Crippen MR) is 68.5 cm³/mol. The molecule has 0 bridgehead atoms. The Balaban J connectivity index is 2.00. The summed E-state index contributed by atoms with van der Waals surface area (Å²) < 4.78 is 0. The summed E-state index contributed by atoms with van der Waals surface area (Å²) in [5.41, 5.74) is 1.12. The van der Waals surface area contributed by atoms with Crippen molar-refractivity contribution in [3.8, 4) is 0 Å². The van der Waals surface area contributed by atoms with Gasteiger partial charge in [0.1, 0.15) is 0 Å². The maximum absolute atomic E-state index is 2.79. The Morgan fingerprint density at radius 2 is 1.62 bits per heavy atom. The highest BCUT2D eigenvalue weighted by molar-refractivity contribution is 5.15. The summed E-state index contributed by atoms with van der Waals surface area (Å²) in [7, 11) is 2.42. The number of likely N-dealkylation sites (tertiary alicyclic amines) is 1. The SMILES string of the molecule is CN1[C@@H]2CCCC[C@@H]2C2(C)CCCCC12C. The standard InChI is InChI=1S/C15H27N/c1-14-10-6-7-11-15(14,2)16(3)13-9-5-4-8-12(13)14/h12-13H,4-11H2,1-3H3/t12-,13+,14?,15?/m0/s1. The molecular formula is C15H27N. The quantitative estimate of drug-likeness (QED) is 0.601. The Labute approximate surface area is 101 Å². The van der Waals surface area contributed by atoms with Crippen LogP contribution in [0.2, 0.25) is 0 Å². The molecule has 3 aliphatic rings. The molecule has 0 aromatic heterocycles. The molecule has 0 radical (unpaired) electrons. The van der Waals surface area contributed by atoms with Gasteiger partial charge in [0.25, 0.3) is 0 Å². The van der Waals surface area contributed by atoms with Crippen LogP contribution >= 0.6 is 0 Å². The summed E-state index contributed by atoms with van der Waals surface area (Å²) in [4.78, 5) is 2.79. The van der Waals surface area contributed by atoms with Crippen molar-refractivity contribution in [2.45, 2.75) is 76.8 Å². The third kappa shape index (κ3) is 1.16. The lowest BCUT2D eigenvalue weighted by molar-refractivity contribution is 0.0165. The molecule has 1 heterocycles. The molecule has 1 saturated heterocycles. The summed E-state index contributed by atoms with van der Waals surface area (Å²) in [6, 6.07) is 0.904. The van der Waals surface area contributed by atoms with Crippen molar-refractivity contribution in [3.05, 3.63) is 0 Å². The Kier molecular flexibility index (Phi) is 2.41. The minimum atomic E-state index is 0.505. The van der Waals surface area contributed by atoms with E-state index in [1.807, 2.05) is 0 Å². The first kappa shape index (κ1) is 11.1. The lowest BCUT2D eigenvalue weighted by Gasteiger charge is -2.50. The van der Waals surface area contributed by atoms with E-state index in [0.717, 1.165) is 12.0 Å². The fourth-order valence-electron chi connectivity index (χ4n) is 5.36. The second-order valence-electron chi connectivity index (χ2n) is 6.97. The lowest BCUT2D eigenvalue weighted by Crippen LogP contribution is -2.52. The van der Waals surface area contributed by atoms with E-state index < -0.39 is 0 Å². The fraction of sp³-hybridized carbons (Fsp3) is 1.00. The van der Waals surface area contributed by atoms with Crippen LogP contribution in [-0.2, 0) is 0 Å². The maximum Gasteiger partial charge on any atom is 0.0238 e. The van der Waals surface area contributed by atoms with Crippen molar-refractivity contribution in [1.29, 1.82) is 0 Å². The average Bonchev–Trinajstić information content (AvgIpc) is 2.48. The van der Waals surface area contributed by atoms with Gasteiger partial charge in [0.2, 0.25) is 0 Å². The van der Waals surface area contributed by atoms with Gasteiger partial charge in [-0.25, -0.2) is 0 Å². The molecule has 2 saturated carbocycles. The van der Waals surface area contributed by atoms with Crippen LogP contribution in [0.1, 0.15) is 65.2 Å². The number of hydrogen-bond acceptors (Lipinski definition) is 1. The van der Waals surface area contributed by atoms with Crippen LogP contribution in [0.5, 0.6) is 0 Å². The lowest BCUT2D eigenvalue weighted by atomic mass is 9.57. The zero-order valence-electron chi connectivity index (χ0n) is 11.3. The molecule has 0 amide bonds. The van der Waals surface area contributed by atoms with Crippen molar-refractivity contribution in [2.24, 2.45) is 11.3 Å². The summed E-state index contributed by atoms with van der Waals surface area (Å²) >= 11 is 0. The Morgan fingerprint density at radius 3 is 2.44 bits per heavy atom. The van der Waals surface area contributed by atoms with Crippen molar-refractivity contribution >= 4 is 0 Å². The van der Waals surface area contributed by atoms with Crippen LogP contribution in [0, 0.1) is 11.3 Å². The molecule has 0 aromatic carbocycles. The first-order chi connectivity index (χ1) is 7.59. The number of nitrogens with zero attached hydrogens (tertiary/aromatic N) is 1. The van der Waals surface area contributed by atoms with Gasteiger partial charge in [-0.1, -0.05) is 32.6 Å². The normalized spacial score (nSPS) is 53.4. The van der Waals surface area contributed by atoms with Crippen molar-refractivity contribution in [3.63, 3.8) is 0 Å². The van der Waals surface area contributed by atoms with E-state index in [0.29, 0.717) is 11.0 Å². The Morgan fingerprint density at radius 1 is 0.938 bits per heavy atom. The number of hydrogen-bond donors (Lipinski definition) is 0. The summed E-state index contributed by atoms with van der Waals surface area (Å²) in [5, 5.41) is 0. The van der Waals surface area contributed by atoms with E-state index in [9.17, 15) is 0 Å². The molecule has 16 heavy (non-hydrogen) atoms. The topological polar surface area (TPSA) is 3.24 Å². The van der Waals surface area contributed by atoms with E-state index in [2.05, 4.69) is 25.8 Å². The van der Waals surface area contributed by atoms with Crippen molar-refractivity contribution < 1.29 is 0 Å². The first-order valence-electron chi connectivity index (χ1n) is 7.32. The van der Waals surface area contributed by atoms with Crippen LogP contribution in [-0.4, -0.2) is 23.5 Å². The van der Waals surface area contributed by atoms with Gasteiger partial charge in [-0.3, -0.25) is 4.90 Å². The van der Waals surface area contributed by atoms with Gasteiger partial charge in [0.05, 0.1) is 0 Å². The van der Waals surface area contributed by atoms with Gasteiger partial charge in [-0.2, -0.15) is 0 Å². The molecule has 92 valence electrons. The molecule has 1 heteroatoms. The smallest absolute Gasteiger partial charge is 0.0238 e. The largest absolute Gasteiger partial charge is 0.297 e. The maximum atomic E-state index is 2.79. The molecule has 0 spiro atoms. The third-order valence-electron chi connectivity index (χ3n) is 6.66. The zero-order valence-corrected chi connectivity index (χ0v) is 11.3. The molecular weight excluding hydrogens is 194 g/mol. The van der Waals surface area contributed by atoms with Crippen LogP contribution in [0.15, 0.2) is 0 Å². The summed E-state index contributed by atoms with van der Waals surface area (Å²) in [6.07, 6.45) is 11.8. The van der Waals surface area contributed by atoms with Gasteiger partial charge < -0.3 is 0 Å². The zero-order chi connectivity index (χ0) is 11.4. The molecule has 1 aliphatic heterocycles. The molecule has 3 fully saturated rings. The monoisotopic (exact) mass is 221 g/mol. The molecule has 2 unspecified atom stereocenters. The first-order valence-corrected chi connectivity index (χ1v) is 7.32. The van der Waals surface area contributed by atoms with Crippen LogP contribution < -0.4 is 0 Å². The molecule has 0 aromatic rings. The van der Waals surface area contributed by atoms with Crippen LogP contribution in [0.4, 0.5) is 0 Å².